The normalized spacial score (nSPS) is 10.7. The molecule has 6 heteroatoms. The zero-order valence-electron chi connectivity index (χ0n) is 16.3. The average Bonchev–Trinajstić information content (AvgIpc) is 3.22. The van der Waals surface area contributed by atoms with Crippen molar-refractivity contribution in [1.82, 2.24) is 14.8 Å². The fourth-order valence-corrected chi connectivity index (χ4v) is 3.91. The zero-order chi connectivity index (χ0) is 20.1. The van der Waals surface area contributed by atoms with E-state index in [0.29, 0.717) is 0 Å². The summed E-state index contributed by atoms with van der Waals surface area (Å²) in [5.74, 6) is 3.23. The molecule has 0 atom stereocenters. The Hall–Kier alpha value is -3.25. The third-order valence-electron chi connectivity index (χ3n) is 4.50. The van der Waals surface area contributed by atoms with Crippen LogP contribution in [0.4, 0.5) is 0 Å². The van der Waals surface area contributed by atoms with E-state index in [2.05, 4.69) is 33.0 Å². The number of rotatable bonds is 7. The molecule has 4 aromatic rings. The Labute approximate surface area is 174 Å². The van der Waals surface area contributed by atoms with E-state index in [1.54, 1.807) is 26.0 Å². The van der Waals surface area contributed by atoms with Crippen LogP contribution in [0.1, 0.15) is 5.56 Å². The van der Waals surface area contributed by atoms with E-state index >= 15 is 0 Å². The summed E-state index contributed by atoms with van der Waals surface area (Å²) in [5, 5.41) is 9.81. The van der Waals surface area contributed by atoms with E-state index in [0.717, 1.165) is 39.5 Å². The highest BCUT2D eigenvalue weighted by molar-refractivity contribution is 7.98. The molecule has 0 radical (unpaired) electrons. The predicted molar refractivity (Wildman–Crippen MR) is 116 cm³/mol. The van der Waals surface area contributed by atoms with Gasteiger partial charge < -0.3 is 9.47 Å². The Kier molecular flexibility index (Phi) is 5.81. The van der Waals surface area contributed by atoms with Crippen molar-refractivity contribution >= 4 is 11.8 Å². The monoisotopic (exact) mass is 403 g/mol. The van der Waals surface area contributed by atoms with Gasteiger partial charge in [-0.15, -0.1) is 10.2 Å². The Morgan fingerprint density at radius 3 is 2.28 bits per heavy atom. The SMILES string of the molecule is COc1ccc(-c2nnc(SCc3cccc(OC)c3)n2-c2ccccc2)cc1. The first kappa shape index (κ1) is 19.1. The van der Waals surface area contributed by atoms with Gasteiger partial charge in [-0.2, -0.15) is 0 Å². The fraction of sp³-hybridized carbons (Fsp3) is 0.130. The molecule has 0 spiro atoms. The highest BCUT2D eigenvalue weighted by atomic mass is 32.2. The fourth-order valence-electron chi connectivity index (χ4n) is 3.01. The Balaban J connectivity index is 1.69. The minimum absolute atomic E-state index is 0.769. The molecule has 0 saturated carbocycles. The van der Waals surface area contributed by atoms with Gasteiger partial charge in [0.1, 0.15) is 11.5 Å². The van der Waals surface area contributed by atoms with Gasteiger partial charge in [-0.3, -0.25) is 4.57 Å². The summed E-state index contributed by atoms with van der Waals surface area (Å²) < 4.78 is 12.7. The molecule has 146 valence electrons. The van der Waals surface area contributed by atoms with Gasteiger partial charge in [0, 0.05) is 17.0 Å². The van der Waals surface area contributed by atoms with Gasteiger partial charge in [0.25, 0.3) is 0 Å². The second-order valence-corrected chi connectivity index (χ2v) is 7.29. The number of para-hydroxylation sites is 1. The van der Waals surface area contributed by atoms with Crippen LogP contribution in [0.15, 0.2) is 84.0 Å². The Morgan fingerprint density at radius 1 is 0.793 bits per heavy atom. The summed E-state index contributed by atoms with van der Waals surface area (Å²) in [6, 6.07) is 26.1. The standard InChI is InChI=1S/C23H21N3O2S/c1-27-20-13-11-18(12-14-20)22-24-25-23(26(22)19-8-4-3-5-9-19)29-16-17-7-6-10-21(15-17)28-2/h3-15H,16H2,1-2H3. The van der Waals surface area contributed by atoms with Gasteiger partial charge in [-0.1, -0.05) is 42.1 Å². The van der Waals surface area contributed by atoms with Crippen molar-refractivity contribution in [2.24, 2.45) is 0 Å². The van der Waals surface area contributed by atoms with E-state index in [-0.39, 0.29) is 0 Å². The van der Waals surface area contributed by atoms with E-state index in [4.69, 9.17) is 9.47 Å². The van der Waals surface area contributed by atoms with E-state index in [1.165, 1.54) is 5.56 Å². The third kappa shape index (κ3) is 4.27. The quantitative estimate of drug-likeness (QED) is 0.395. The van der Waals surface area contributed by atoms with Gasteiger partial charge in [0.05, 0.1) is 14.2 Å². The van der Waals surface area contributed by atoms with Crippen molar-refractivity contribution in [3.05, 3.63) is 84.4 Å². The lowest BCUT2D eigenvalue weighted by Crippen LogP contribution is -1.99. The smallest absolute Gasteiger partial charge is 0.196 e. The maximum atomic E-state index is 5.33. The number of thioether (sulfide) groups is 1. The molecule has 0 fully saturated rings. The Bertz CT molecular complexity index is 1080. The summed E-state index contributed by atoms with van der Waals surface area (Å²) in [4.78, 5) is 0. The highest BCUT2D eigenvalue weighted by Gasteiger charge is 2.16. The van der Waals surface area contributed by atoms with Crippen LogP contribution in [-0.4, -0.2) is 29.0 Å². The largest absolute Gasteiger partial charge is 0.497 e. The molecule has 29 heavy (non-hydrogen) atoms. The summed E-state index contributed by atoms with van der Waals surface area (Å²) in [6.45, 7) is 0. The van der Waals surface area contributed by atoms with Crippen LogP contribution in [0.25, 0.3) is 17.1 Å². The lowest BCUT2D eigenvalue weighted by atomic mass is 10.2. The molecule has 0 amide bonds. The molecule has 0 bridgehead atoms. The maximum absolute atomic E-state index is 5.33. The van der Waals surface area contributed by atoms with Crippen LogP contribution >= 0.6 is 11.8 Å². The minimum Gasteiger partial charge on any atom is -0.497 e. The van der Waals surface area contributed by atoms with Crippen molar-refractivity contribution in [3.63, 3.8) is 0 Å². The minimum atomic E-state index is 0.769. The molecule has 0 aliphatic rings. The summed E-state index contributed by atoms with van der Waals surface area (Å²) >= 11 is 1.65. The van der Waals surface area contributed by atoms with Crippen molar-refractivity contribution < 1.29 is 9.47 Å². The van der Waals surface area contributed by atoms with Crippen LogP contribution in [0, 0.1) is 0 Å². The topological polar surface area (TPSA) is 49.2 Å². The lowest BCUT2D eigenvalue weighted by Gasteiger charge is -2.11. The zero-order valence-corrected chi connectivity index (χ0v) is 17.1. The van der Waals surface area contributed by atoms with Crippen LogP contribution in [0.2, 0.25) is 0 Å². The maximum Gasteiger partial charge on any atom is 0.196 e. The van der Waals surface area contributed by atoms with Gasteiger partial charge in [0.15, 0.2) is 11.0 Å². The summed E-state index contributed by atoms with van der Waals surface area (Å²) in [7, 11) is 3.34. The van der Waals surface area contributed by atoms with Gasteiger partial charge in [0.2, 0.25) is 0 Å². The number of benzene rings is 3. The number of nitrogens with zero attached hydrogens (tertiary/aromatic N) is 3. The lowest BCUT2D eigenvalue weighted by molar-refractivity contribution is 0.414. The predicted octanol–water partition coefficient (Wildman–Crippen LogP) is 5.24. The number of hydrogen-bond donors (Lipinski definition) is 0. The molecule has 3 aromatic carbocycles. The molecule has 5 nitrogen and oxygen atoms in total. The number of ether oxygens (including phenoxy) is 2. The second kappa shape index (κ2) is 8.84. The van der Waals surface area contributed by atoms with Crippen molar-refractivity contribution in [1.29, 1.82) is 0 Å². The van der Waals surface area contributed by atoms with Crippen LogP contribution in [0.5, 0.6) is 11.5 Å². The first-order chi connectivity index (χ1) is 14.3. The average molecular weight is 404 g/mol. The number of aromatic nitrogens is 3. The van der Waals surface area contributed by atoms with Gasteiger partial charge in [-0.25, -0.2) is 0 Å². The summed E-state index contributed by atoms with van der Waals surface area (Å²) in [5.41, 5.74) is 3.18. The highest BCUT2D eigenvalue weighted by Crippen LogP contribution is 2.31. The first-order valence-corrected chi connectivity index (χ1v) is 10.2. The van der Waals surface area contributed by atoms with E-state index in [1.807, 2.05) is 60.7 Å². The second-order valence-electron chi connectivity index (χ2n) is 6.35. The van der Waals surface area contributed by atoms with Crippen molar-refractivity contribution in [3.8, 4) is 28.6 Å². The molecular weight excluding hydrogens is 382 g/mol. The summed E-state index contributed by atoms with van der Waals surface area (Å²) in [6.07, 6.45) is 0. The molecule has 0 saturated heterocycles. The van der Waals surface area contributed by atoms with Crippen LogP contribution in [0.3, 0.4) is 0 Å². The molecule has 0 aliphatic heterocycles. The Morgan fingerprint density at radius 2 is 1.55 bits per heavy atom. The van der Waals surface area contributed by atoms with Gasteiger partial charge in [-0.05, 0) is 54.1 Å². The first-order valence-electron chi connectivity index (χ1n) is 9.19. The number of methoxy groups -OCH3 is 2. The van der Waals surface area contributed by atoms with Gasteiger partial charge >= 0.3 is 0 Å². The van der Waals surface area contributed by atoms with Crippen LogP contribution in [-0.2, 0) is 5.75 Å². The van der Waals surface area contributed by atoms with E-state index < -0.39 is 0 Å². The molecular formula is C23H21N3O2S. The molecule has 4 rings (SSSR count). The molecule has 0 N–H and O–H groups in total. The molecule has 0 unspecified atom stereocenters. The van der Waals surface area contributed by atoms with Crippen molar-refractivity contribution in [2.45, 2.75) is 10.9 Å². The van der Waals surface area contributed by atoms with E-state index in [9.17, 15) is 0 Å². The van der Waals surface area contributed by atoms with Crippen LogP contribution < -0.4 is 9.47 Å². The number of hydrogen-bond acceptors (Lipinski definition) is 5. The molecule has 1 aromatic heterocycles. The third-order valence-corrected chi connectivity index (χ3v) is 5.50. The van der Waals surface area contributed by atoms with Crippen molar-refractivity contribution in [2.75, 3.05) is 14.2 Å². The molecule has 0 aliphatic carbocycles. The molecule has 1 heterocycles.